The largest absolute Gasteiger partial charge is 0.493 e. The van der Waals surface area contributed by atoms with Crippen LogP contribution in [-0.2, 0) is 6.42 Å². The Kier molecular flexibility index (Phi) is 4.88. The summed E-state index contributed by atoms with van der Waals surface area (Å²) in [5, 5.41) is 3.37. The molecule has 2 rings (SSSR count). The van der Waals surface area contributed by atoms with E-state index in [1.165, 1.54) is 11.3 Å². The molecule has 0 aliphatic rings. The molecule has 0 saturated heterocycles. The molecule has 0 heterocycles. The third-order valence-corrected chi connectivity index (χ3v) is 3.10. The number of ether oxygens (including phenoxy) is 1. The number of hydrogen-bond donors (Lipinski definition) is 2. The van der Waals surface area contributed by atoms with Crippen molar-refractivity contribution in [2.75, 3.05) is 24.2 Å². The predicted octanol–water partition coefficient (Wildman–Crippen LogP) is 3.63. The maximum Gasteiger partial charge on any atom is 0.121 e. The smallest absolute Gasteiger partial charge is 0.121 e. The average molecular weight is 270 g/mol. The van der Waals surface area contributed by atoms with E-state index in [1.54, 1.807) is 0 Å². The van der Waals surface area contributed by atoms with Gasteiger partial charge in [0.2, 0.25) is 0 Å². The van der Waals surface area contributed by atoms with Crippen LogP contribution in [0.4, 0.5) is 11.4 Å². The number of nitrogen functional groups attached to an aromatic ring is 1. The highest BCUT2D eigenvalue weighted by Gasteiger charge is 2.02. The van der Waals surface area contributed by atoms with Crippen molar-refractivity contribution in [3.63, 3.8) is 0 Å². The summed E-state index contributed by atoms with van der Waals surface area (Å²) in [6, 6.07) is 14.1. The van der Waals surface area contributed by atoms with Crippen LogP contribution in [0.1, 0.15) is 18.1 Å². The lowest BCUT2D eigenvalue weighted by molar-refractivity contribution is 0.322. The minimum absolute atomic E-state index is 0.644. The van der Waals surface area contributed by atoms with E-state index in [1.807, 2.05) is 31.2 Å². The fraction of sp³-hybridized carbons (Fsp3) is 0.294. The van der Waals surface area contributed by atoms with Gasteiger partial charge in [0.15, 0.2) is 0 Å². The fourth-order valence-corrected chi connectivity index (χ4v) is 2.24. The Bertz CT molecular complexity index is 546. The van der Waals surface area contributed by atoms with Crippen LogP contribution in [0.15, 0.2) is 42.5 Å². The van der Waals surface area contributed by atoms with Crippen molar-refractivity contribution in [2.45, 2.75) is 20.3 Å². The van der Waals surface area contributed by atoms with Crippen molar-refractivity contribution in [3.8, 4) is 5.75 Å². The van der Waals surface area contributed by atoms with Crippen LogP contribution >= 0.6 is 0 Å². The lowest BCUT2D eigenvalue weighted by Gasteiger charge is -2.12. The van der Waals surface area contributed by atoms with Gasteiger partial charge >= 0.3 is 0 Å². The molecule has 3 nitrogen and oxygen atoms in total. The number of nitrogens with two attached hydrogens (primary N) is 1. The van der Waals surface area contributed by atoms with E-state index >= 15 is 0 Å². The molecule has 0 amide bonds. The molecule has 3 heteroatoms. The lowest BCUT2D eigenvalue weighted by atomic mass is 10.1. The molecule has 0 bridgehead atoms. The van der Waals surface area contributed by atoms with Gasteiger partial charge in [0.05, 0.1) is 6.61 Å². The Balaban J connectivity index is 1.95. The summed E-state index contributed by atoms with van der Waals surface area (Å²) in [4.78, 5) is 0. The Labute approximate surface area is 120 Å². The van der Waals surface area contributed by atoms with Crippen LogP contribution in [0, 0.1) is 6.92 Å². The molecule has 0 aliphatic heterocycles. The second-order valence-corrected chi connectivity index (χ2v) is 4.87. The first-order valence-corrected chi connectivity index (χ1v) is 7.01. The molecular formula is C17H22N2O. The second kappa shape index (κ2) is 6.85. The van der Waals surface area contributed by atoms with Gasteiger partial charge in [0.25, 0.3) is 0 Å². The topological polar surface area (TPSA) is 47.3 Å². The molecule has 2 aromatic carbocycles. The van der Waals surface area contributed by atoms with Gasteiger partial charge in [-0.1, -0.05) is 18.2 Å². The van der Waals surface area contributed by atoms with E-state index in [0.29, 0.717) is 6.61 Å². The monoisotopic (exact) mass is 270 g/mol. The lowest BCUT2D eigenvalue weighted by Crippen LogP contribution is -2.06. The van der Waals surface area contributed by atoms with Crippen LogP contribution in [0.25, 0.3) is 0 Å². The molecular weight excluding hydrogens is 248 g/mol. The summed E-state index contributed by atoms with van der Waals surface area (Å²) < 4.78 is 5.80. The van der Waals surface area contributed by atoms with Gasteiger partial charge in [0.1, 0.15) is 5.75 Å². The summed E-state index contributed by atoms with van der Waals surface area (Å²) >= 11 is 0. The zero-order valence-corrected chi connectivity index (χ0v) is 12.1. The quantitative estimate of drug-likeness (QED) is 0.788. The molecule has 3 N–H and O–H groups in total. The van der Waals surface area contributed by atoms with Crippen molar-refractivity contribution >= 4 is 11.4 Å². The maximum absolute atomic E-state index is 5.82. The van der Waals surface area contributed by atoms with Crippen molar-refractivity contribution in [1.29, 1.82) is 0 Å². The predicted molar refractivity (Wildman–Crippen MR) is 85.4 cm³/mol. The Morgan fingerprint density at radius 3 is 2.70 bits per heavy atom. The molecule has 20 heavy (non-hydrogen) atoms. The van der Waals surface area contributed by atoms with Gasteiger partial charge in [-0.2, -0.15) is 0 Å². The number of para-hydroxylation sites is 1. The molecule has 0 spiro atoms. The average Bonchev–Trinajstić information content (AvgIpc) is 2.40. The van der Waals surface area contributed by atoms with Crippen LogP contribution < -0.4 is 15.8 Å². The summed E-state index contributed by atoms with van der Waals surface area (Å²) in [6.07, 6.45) is 0.872. The highest BCUT2D eigenvalue weighted by atomic mass is 16.5. The van der Waals surface area contributed by atoms with Gasteiger partial charge in [0, 0.05) is 30.4 Å². The molecule has 0 radical (unpaired) electrons. The first-order chi connectivity index (χ1) is 9.69. The van der Waals surface area contributed by atoms with Crippen molar-refractivity contribution in [1.82, 2.24) is 0 Å². The van der Waals surface area contributed by atoms with Gasteiger partial charge in [-0.25, -0.2) is 0 Å². The van der Waals surface area contributed by atoms with E-state index in [2.05, 4.69) is 30.4 Å². The summed E-state index contributed by atoms with van der Waals surface area (Å²) in [6.45, 7) is 5.68. The number of benzene rings is 2. The molecule has 0 unspecified atom stereocenters. The SMILES string of the molecule is CCNc1ccccc1CCOc1cc(C)cc(N)c1. The summed E-state index contributed by atoms with van der Waals surface area (Å²) in [5.41, 5.74) is 10.1. The highest BCUT2D eigenvalue weighted by molar-refractivity contribution is 5.51. The van der Waals surface area contributed by atoms with Crippen LogP contribution in [-0.4, -0.2) is 13.2 Å². The molecule has 0 aromatic heterocycles. The second-order valence-electron chi connectivity index (χ2n) is 4.87. The molecule has 0 aliphatic carbocycles. The van der Waals surface area contributed by atoms with Crippen LogP contribution in [0.3, 0.4) is 0 Å². The number of nitrogens with one attached hydrogen (secondary N) is 1. The number of aryl methyl sites for hydroxylation is 1. The van der Waals surface area contributed by atoms with Gasteiger partial charge in [-0.05, 0) is 43.2 Å². The Morgan fingerprint density at radius 1 is 1.15 bits per heavy atom. The summed E-state index contributed by atoms with van der Waals surface area (Å²) in [7, 11) is 0. The summed E-state index contributed by atoms with van der Waals surface area (Å²) in [5.74, 6) is 0.837. The Morgan fingerprint density at radius 2 is 1.95 bits per heavy atom. The fourth-order valence-electron chi connectivity index (χ4n) is 2.24. The third-order valence-electron chi connectivity index (χ3n) is 3.10. The normalized spacial score (nSPS) is 10.3. The zero-order valence-electron chi connectivity index (χ0n) is 12.1. The van der Waals surface area contributed by atoms with Crippen molar-refractivity contribution in [3.05, 3.63) is 53.6 Å². The third kappa shape index (κ3) is 3.92. The van der Waals surface area contributed by atoms with Gasteiger partial charge < -0.3 is 15.8 Å². The molecule has 0 saturated carbocycles. The number of rotatable bonds is 6. The highest BCUT2D eigenvalue weighted by Crippen LogP contribution is 2.20. The Hall–Kier alpha value is -2.16. The van der Waals surface area contributed by atoms with E-state index in [9.17, 15) is 0 Å². The van der Waals surface area contributed by atoms with E-state index in [4.69, 9.17) is 10.5 Å². The molecule has 0 fully saturated rings. The minimum Gasteiger partial charge on any atom is -0.493 e. The van der Waals surface area contributed by atoms with E-state index in [-0.39, 0.29) is 0 Å². The number of hydrogen-bond acceptors (Lipinski definition) is 3. The number of anilines is 2. The minimum atomic E-state index is 0.644. The molecule has 2 aromatic rings. The molecule has 106 valence electrons. The standard InChI is InChI=1S/C17H22N2O/c1-3-19-17-7-5-4-6-14(17)8-9-20-16-11-13(2)10-15(18)12-16/h4-7,10-12,19H,3,8-9,18H2,1-2H3. The van der Waals surface area contributed by atoms with Gasteiger partial charge in [-0.15, -0.1) is 0 Å². The zero-order chi connectivity index (χ0) is 14.4. The van der Waals surface area contributed by atoms with Crippen LogP contribution in [0.5, 0.6) is 5.75 Å². The van der Waals surface area contributed by atoms with E-state index in [0.717, 1.165) is 30.0 Å². The van der Waals surface area contributed by atoms with Gasteiger partial charge in [-0.3, -0.25) is 0 Å². The van der Waals surface area contributed by atoms with Crippen LogP contribution in [0.2, 0.25) is 0 Å². The van der Waals surface area contributed by atoms with E-state index < -0.39 is 0 Å². The first kappa shape index (κ1) is 14.3. The first-order valence-electron chi connectivity index (χ1n) is 7.01. The maximum atomic E-state index is 5.82. The van der Waals surface area contributed by atoms with Crippen molar-refractivity contribution in [2.24, 2.45) is 0 Å². The molecule has 0 atom stereocenters. The van der Waals surface area contributed by atoms with Crippen molar-refractivity contribution < 1.29 is 4.74 Å².